The van der Waals surface area contributed by atoms with Crippen LogP contribution in [0.15, 0.2) is 12.1 Å². The van der Waals surface area contributed by atoms with Crippen LogP contribution in [-0.2, 0) is 5.92 Å². The van der Waals surface area contributed by atoms with E-state index in [9.17, 15) is 8.78 Å². The lowest BCUT2D eigenvalue weighted by Gasteiger charge is -2.28. The SMILES string of the molecule is CN1CC(CN)CC1c1cc(C(C)(F)F)cc2c1OCCO2. The number of alkyl halides is 2. The van der Waals surface area contributed by atoms with E-state index in [0.717, 1.165) is 25.5 Å². The van der Waals surface area contributed by atoms with Gasteiger partial charge < -0.3 is 15.2 Å². The molecule has 6 heteroatoms. The minimum atomic E-state index is -2.91. The lowest BCUT2D eigenvalue weighted by molar-refractivity contribution is 0.0167. The monoisotopic (exact) mass is 312 g/mol. The average molecular weight is 312 g/mol. The zero-order valence-corrected chi connectivity index (χ0v) is 12.9. The molecule has 22 heavy (non-hydrogen) atoms. The van der Waals surface area contributed by atoms with Gasteiger partial charge in [-0.1, -0.05) is 0 Å². The van der Waals surface area contributed by atoms with Crippen molar-refractivity contribution in [1.29, 1.82) is 0 Å². The Kier molecular flexibility index (Phi) is 3.99. The molecule has 0 aromatic heterocycles. The van der Waals surface area contributed by atoms with Crippen LogP contribution in [0.25, 0.3) is 0 Å². The van der Waals surface area contributed by atoms with Crippen LogP contribution >= 0.6 is 0 Å². The summed E-state index contributed by atoms with van der Waals surface area (Å²) in [6.07, 6.45) is 0.849. The van der Waals surface area contributed by atoms with Gasteiger partial charge in [-0.15, -0.1) is 0 Å². The second kappa shape index (κ2) is 5.66. The summed E-state index contributed by atoms with van der Waals surface area (Å²) in [4.78, 5) is 2.16. The van der Waals surface area contributed by atoms with Crippen LogP contribution in [0.4, 0.5) is 8.78 Å². The minimum absolute atomic E-state index is 0.0312. The van der Waals surface area contributed by atoms with Crippen molar-refractivity contribution >= 4 is 0 Å². The first kappa shape index (κ1) is 15.5. The third-order valence-electron chi connectivity index (χ3n) is 4.50. The average Bonchev–Trinajstić information content (AvgIpc) is 2.86. The molecule has 2 heterocycles. The van der Waals surface area contributed by atoms with Gasteiger partial charge in [-0.3, -0.25) is 4.90 Å². The lowest BCUT2D eigenvalue weighted by Crippen LogP contribution is -2.23. The van der Waals surface area contributed by atoms with Crippen molar-refractivity contribution in [3.8, 4) is 11.5 Å². The quantitative estimate of drug-likeness (QED) is 0.932. The Morgan fingerprint density at radius 3 is 2.68 bits per heavy atom. The number of halogens is 2. The molecule has 1 fully saturated rings. The second-order valence-corrected chi connectivity index (χ2v) is 6.27. The van der Waals surface area contributed by atoms with Crippen LogP contribution in [0.1, 0.15) is 30.5 Å². The van der Waals surface area contributed by atoms with E-state index in [-0.39, 0.29) is 11.6 Å². The Morgan fingerprint density at radius 1 is 1.32 bits per heavy atom. The standard InChI is InChI=1S/C16H22F2N2O2/c1-16(17,18)11-6-12(13-5-10(8-19)9-20(13)2)15-14(7-11)21-3-4-22-15/h6-7,10,13H,3-5,8-9,19H2,1-2H3. The smallest absolute Gasteiger partial charge is 0.270 e. The number of likely N-dealkylation sites (tertiary alicyclic amines) is 1. The number of rotatable bonds is 3. The predicted molar refractivity (Wildman–Crippen MR) is 79.5 cm³/mol. The molecule has 1 saturated heterocycles. The third kappa shape index (κ3) is 2.77. The molecule has 0 spiro atoms. The molecule has 3 rings (SSSR count). The van der Waals surface area contributed by atoms with Gasteiger partial charge in [0, 0.05) is 30.6 Å². The van der Waals surface area contributed by atoms with Gasteiger partial charge in [-0.25, -0.2) is 8.78 Å². The zero-order chi connectivity index (χ0) is 15.9. The van der Waals surface area contributed by atoms with Crippen molar-refractivity contribution in [2.24, 2.45) is 11.7 Å². The molecule has 0 aliphatic carbocycles. The van der Waals surface area contributed by atoms with Crippen LogP contribution in [-0.4, -0.2) is 38.3 Å². The summed E-state index contributed by atoms with van der Waals surface area (Å²) in [5.74, 6) is -1.51. The normalized spacial score (nSPS) is 25.5. The van der Waals surface area contributed by atoms with Gasteiger partial charge in [0.2, 0.25) is 0 Å². The highest BCUT2D eigenvalue weighted by Crippen LogP contribution is 2.46. The molecule has 122 valence electrons. The first-order valence-corrected chi connectivity index (χ1v) is 7.62. The Balaban J connectivity index is 2.05. The Bertz CT molecular complexity index is 560. The van der Waals surface area contributed by atoms with Crippen LogP contribution in [0, 0.1) is 5.92 Å². The molecule has 2 N–H and O–H groups in total. The lowest BCUT2D eigenvalue weighted by atomic mass is 9.95. The van der Waals surface area contributed by atoms with Gasteiger partial charge in [0.05, 0.1) is 0 Å². The maximum absolute atomic E-state index is 13.8. The molecular formula is C16H22F2N2O2. The fourth-order valence-corrected chi connectivity index (χ4v) is 3.32. The zero-order valence-electron chi connectivity index (χ0n) is 12.9. The summed E-state index contributed by atoms with van der Waals surface area (Å²) in [5, 5.41) is 0. The molecule has 2 aliphatic rings. The van der Waals surface area contributed by atoms with Gasteiger partial charge in [0.25, 0.3) is 5.92 Å². The fourth-order valence-electron chi connectivity index (χ4n) is 3.32. The third-order valence-corrected chi connectivity index (χ3v) is 4.50. The Hall–Kier alpha value is -1.40. The van der Waals surface area contributed by atoms with E-state index in [1.54, 1.807) is 6.07 Å². The molecular weight excluding hydrogens is 290 g/mol. The first-order chi connectivity index (χ1) is 10.4. The van der Waals surface area contributed by atoms with Crippen molar-refractivity contribution in [2.45, 2.75) is 25.3 Å². The van der Waals surface area contributed by atoms with E-state index >= 15 is 0 Å². The fraction of sp³-hybridized carbons (Fsp3) is 0.625. The summed E-state index contributed by atoms with van der Waals surface area (Å²) in [6, 6.07) is 2.99. The summed E-state index contributed by atoms with van der Waals surface area (Å²) in [7, 11) is 1.99. The predicted octanol–water partition coefficient (Wildman–Crippen LogP) is 2.52. The van der Waals surface area contributed by atoms with Gasteiger partial charge >= 0.3 is 0 Å². The van der Waals surface area contributed by atoms with Gasteiger partial charge in [-0.2, -0.15) is 0 Å². The summed E-state index contributed by atoms with van der Waals surface area (Å²) < 4.78 is 38.9. The van der Waals surface area contributed by atoms with E-state index in [1.807, 2.05) is 7.05 Å². The maximum Gasteiger partial charge on any atom is 0.270 e. The van der Waals surface area contributed by atoms with E-state index in [0.29, 0.717) is 37.2 Å². The Labute approximate surface area is 129 Å². The van der Waals surface area contributed by atoms with Crippen molar-refractivity contribution in [3.05, 3.63) is 23.3 Å². The van der Waals surface area contributed by atoms with E-state index in [2.05, 4.69) is 4.90 Å². The van der Waals surface area contributed by atoms with Gasteiger partial charge in [0.1, 0.15) is 13.2 Å². The highest BCUT2D eigenvalue weighted by molar-refractivity contribution is 5.52. The van der Waals surface area contributed by atoms with Crippen LogP contribution in [0.5, 0.6) is 11.5 Å². The molecule has 1 aromatic carbocycles. The molecule has 0 radical (unpaired) electrons. The largest absolute Gasteiger partial charge is 0.486 e. The molecule has 0 saturated carbocycles. The molecule has 0 amide bonds. The van der Waals surface area contributed by atoms with E-state index < -0.39 is 5.92 Å². The topological polar surface area (TPSA) is 47.7 Å². The van der Waals surface area contributed by atoms with Crippen molar-refractivity contribution in [3.63, 3.8) is 0 Å². The number of nitrogens with zero attached hydrogens (tertiary/aromatic N) is 1. The number of ether oxygens (including phenoxy) is 2. The summed E-state index contributed by atoms with van der Waals surface area (Å²) in [5.41, 5.74) is 6.52. The molecule has 2 unspecified atom stereocenters. The van der Waals surface area contributed by atoms with Crippen molar-refractivity contribution in [2.75, 3.05) is 33.4 Å². The number of benzene rings is 1. The molecule has 2 atom stereocenters. The van der Waals surface area contributed by atoms with Crippen molar-refractivity contribution < 1.29 is 18.3 Å². The van der Waals surface area contributed by atoms with Crippen LogP contribution in [0.2, 0.25) is 0 Å². The highest BCUT2D eigenvalue weighted by atomic mass is 19.3. The molecule has 1 aromatic rings. The highest BCUT2D eigenvalue weighted by Gasteiger charge is 2.36. The molecule has 0 bridgehead atoms. The summed E-state index contributed by atoms with van der Waals surface area (Å²) >= 11 is 0. The van der Waals surface area contributed by atoms with Gasteiger partial charge in [0.15, 0.2) is 11.5 Å². The van der Waals surface area contributed by atoms with Crippen LogP contribution in [0.3, 0.4) is 0 Å². The van der Waals surface area contributed by atoms with Crippen LogP contribution < -0.4 is 15.2 Å². The minimum Gasteiger partial charge on any atom is -0.486 e. The Morgan fingerprint density at radius 2 is 2.05 bits per heavy atom. The molecule has 2 aliphatic heterocycles. The summed E-state index contributed by atoms with van der Waals surface area (Å²) in [6.45, 7) is 3.20. The number of fused-ring (bicyclic) bond motifs is 1. The van der Waals surface area contributed by atoms with Crippen molar-refractivity contribution in [1.82, 2.24) is 4.90 Å². The maximum atomic E-state index is 13.8. The van der Waals surface area contributed by atoms with Gasteiger partial charge in [-0.05, 0) is 38.1 Å². The number of nitrogens with two attached hydrogens (primary N) is 1. The molecule has 4 nitrogen and oxygen atoms in total. The second-order valence-electron chi connectivity index (χ2n) is 6.27. The van der Waals surface area contributed by atoms with E-state index in [4.69, 9.17) is 15.2 Å². The van der Waals surface area contributed by atoms with E-state index in [1.165, 1.54) is 6.07 Å². The first-order valence-electron chi connectivity index (χ1n) is 7.62. The number of hydrogen-bond acceptors (Lipinski definition) is 4. The number of hydrogen-bond donors (Lipinski definition) is 1.